The molecule has 0 amide bonds. The van der Waals surface area contributed by atoms with Crippen LogP contribution in [0.25, 0.3) is 11.3 Å². The molecule has 2 rings (SSSR count). The highest BCUT2D eigenvalue weighted by molar-refractivity contribution is 5.79. The molecule has 0 radical (unpaired) electrons. The molecule has 1 heterocycles. The summed E-state index contributed by atoms with van der Waals surface area (Å²) in [6.07, 6.45) is 0.681. The Labute approximate surface area is 97.9 Å². The molecule has 17 heavy (non-hydrogen) atoms. The monoisotopic (exact) mass is 231 g/mol. The van der Waals surface area contributed by atoms with Crippen molar-refractivity contribution in [3.05, 3.63) is 47.8 Å². The van der Waals surface area contributed by atoms with Gasteiger partial charge in [-0.05, 0) is 36.4 Å². The van der Waals surface area contributed by atoms with Crippen LogP contribution < -0.4 is 4.74 Å². The van der Waals surface area contributed by atoms with E-state index in [-0.39, 0.29) is 11.7 Å². The van der Waals surface area contributed by atoms with Gasteiger partial charge in [0.05, 0.1) is 18.4 Å². The fourth-order valence-corrected chi connectivity index (χ4v) is 1.49. The Hall–Kier alpha value is -2.23. The number of rotatable bonds is 3. The quantitative estimate of drug-likeness (QED) is 0.762. The van der Waals surface area contributed by atoms with Crippen LogP contribution in [0.2, 0.25) is 0 Å². The number of nitrogens with zero attached hydrogens (tertiary/aromatic N) is 1. The van der Waals surface area contributed by atoms with E-state index < -0.39 is 0 Å². The topological polar surface area (TPSA) is 39.2 Å². The molecular weight excluding hydrogens is 221 g/mol. The zero-order chi connectivity index (χ0) is 12.3. The summed E-state index contributed by atoms with van der Waals surface area (Å²) < 4.78 is 17.8. The molecule has 0 atom stereocenters. The number of aldehydes is 1. The normalized spacial score (nSPS) is 10.0. The third-order valence-corrected chi connectivity index (χ3v) is 2.35. The first-order chi connectivity index (χ1) is 8.24. The van der Waals surface area contributed by atoms with Gasteiger partial charge in [-0.2, -0.15) is 0 Å². The number of methoxy groups -OCH3 is 1. The predicted octanol–water partition coefficient (Wildman–Crippen LogP) is 2.71. The molecular formula is C13H10FNO2. The number of benzene rings is 1. The van der Waals surface area contributed by atoms with Crippen molar-refractivity contribution in [2.75, 3.05) is 7.11 Å². The molecule has 0 N–H and O–H groups in total. The molecule has 0 aliphatic carbocycles. The minimum absolute atomic E-state index is 0.266. The maximum Gasteiger partial charge on any atom is 0.224 e. The maximum atomic E-state index is 12.8. The van der Waals surface area contributed by atoms with Gasteiger partial charge in [0, 0.05) is 5.56 Å². The molecule has 0 fully saturated rings. The Balaban J connectivity index is 2.46. The van der Waals surface area contributed by atoms with E-state index in [0.717, 1.165) is 5.56 Å². The highest BCUT2D eigenvalue weighted by Crippen LogP contribution is 2.22. The smallest absolute Gasteiger partial charge is 0.224 e. The van der Waals surface area contributed by atoms with Gasteiger partial charge in [0.2, 0.25) is 5.88 Å². The molecule has 0 bridgehead atoms. The molecule has 0 aliphatic heterocycles. The summed E-state index contributed by atoms with van der Waals surface area (Å²) in [6.45, 7) is 0. The van der Waals surface area contributed by atoms with Crippen molar-refractivity contribution in [1.82, 2.24) is 4.98 Å². The molecule has 86 valence electrons. The molecule has 4 heteroatoms. The van der Waals surface area contributed by atoms with E-state index in [2.05, 4.69) is 4.98 Å². The Morgan fingerprint density at radius 3 is 2.47 bits per heavy atom. The Morgan fingerprint density at radius 2 is 1.88 bits per heavy atom. The molecule has 0 saturated carbocycles. The second-order valence-corrected chi connectivity index (χ2v) is 3.42. The van der Waals surface area contributed by atoms with E-state index in [0.29, 0.717) is 17.5 Å². The number of pyridine rings is 1. The van der Waals surface area contributed by atoms with Crippen molar-refractivity contribution in [3.63, 3.8) is 0 Å². The number of halogens is 1. The standard InChI is InChI=1S/C13H10FNO2/c1-17-13-10(8-16)4-7-12(15-13)9-2-5-11(14)6-3-9/h2-8H,1H3. The van der Waals surface area contributed by atoms with Gasteiger partial charge in [0.1, 0.15) is 5.82 Å². The van der Waals surface area contributed by atoms with Gasteiger partial charge < -0.3 is 4.74 Å². The summed E-state index contributed by atoms with van der Waals surface area (Å²) >= 11 is 0. The van der Waals surface area contributed by atoms with Gasteiger partial charge in [-0.3, -0.25) is 4.79 Å². The number of hydrogen-bond acceptors (Lipinski definition) is 3. The van der Waals surface area contributed by atoms with Gasteiger partial charge in [-0.25, -0.2) is 9.37 Å². The van der Waals surface area contributed by atoms with E-state index in [1.54, 1.807) is 24.3 Å². The second kappa shape index (κ2) is 4.74. The van der Waals surface area contributed by atoms with E-state index in [1.807, 2.05) is 0 Å². The van der Waals surface area contributed by atoms with Crippen molar-refractivity contribution in [1.29, 1.82) is 0 Å². The van der Waals surface area contributed by atoms with Gasteiger partial charge in [0.15, 0.2) is 6.29 Å². The number of carbonyl (C=O) groups is 1. The number of ether oxygens (including phenoxy) is 1. The van der Waals surface area contributed by atoms with Crippen LogP contribution in [0.5, 0.6) is 5.88 Å². The molecule has 0 saturated heterocycles. The van der Waals surface area contributed by atoms with Crippen molar-refractivity contribution >= 4 is 6.29 Å². The van der Waals surface area contributed by atoms with Gasteiger partial charge in [-0.15, -0.1) is 0 Å². The second-order valence-electron chi connectivity index (χ2n) is 3.42. The van der Waals surface area contributed by atoms with Crippen LogP contribution in [0.1, 0.15) is 10.4 Å². The van der Waals surface area contributed by atoms with Crippen LogP contribution in [0.15, 0.2) is 36.4 Å². The van der Waals surface area contributed by atoms with E-state index in [1.165, 1.54) is 19.2 Å². The molecule has 2 aromatic rings. The Bertz CT molecular complexity index is 538. The lowest BCUT2D eigenvalue weighted by Crippen LogP contribution is -1.95. The predicted molar refractivity (Wildman–Crippen MR) is 61.6 cm³/mol. The van der Waals surface area contributed by atoms with Crippen molar-refractivity contribution < 1.29 is 13.9 Å². The van der Waals surface area contributed by atoms with E-state index in [9.17, 15) is 9.18 Å². The minimum Gasteiger partial charge on any atom is -0.480 e. The summed E-state index contributed by atoms with van der Waals surface area (Å²) in [5.41, 5.74) is 1.79. The summed E-state index contributed by atoms with van der Waals surface area (Å²) in [4.78, 5) is 14.9. The van der Waals surface area contributed by atoms with Gasteiger partial charge in [-0.1, -0.05) is 0 Å². The highest BCUT2D eigenvalue weighted by Gasteiger charge is 2.06. The largest absolute Gasteiger partial charge is 0.480 e. The molecule has 1 aromatic carbocycles. The number of aromatic nitrogens is 1. The fraction of sp³-hybridized carbons (Fsp3) is 0.0769. The summed E-state index contributed by atoms with van der Waals surface area (Å²) in [5, 5.41) is 0. The molecule has 0 unspecified atom stereocenters. The van der Waals surface area contributed by atoms with Crippen LogP contribution in [-0.4, -0.2) is 18.4 Å². The zero-order valence-corrected chi connectivity index (χ0v) is 9.18. The first-order valence-electron chi connectivity index (χ1n) is 5.00. The Kier molecular flexibility index (Phi) is 3.14. The molecule has 1 aromatic heterocycles. The fourth-order valence-electron chi connectivity index (χ4n) is 1.49. The molecule has 0 aliphatic rings. The SMILES string of the molecule is COc1nc(-c2ccc(F)cc2)ccc1C=O. The zero-order valence-electron chi connectivity index (χ0n) is 9.18. The van der Waals surface area contributed by atoms with Gasteiger partial charge >= 0.3 is 0 Å². The third kappa shape index (κ3) is 2.30. The Morgan fingerprint density at radius 1 is 1.18 bits per heavy atom. The van der Waals surface area contributed by atoms with Gasteiger partial charge in [0.25, 0.3) is 0 Å². The van der Waals surface area contributed by atoms with Crippen LogP contribution in [0, 0.1) is 5.82 Å². The van der Waals surface area contributed by atoms with Crippen molar-refractivity contribution in [2.45, 2.75) is 0 Å². The van der Waals surface area contributed by atoms with E-state index >= 15 is 0 Å². The first kappa shape index (κ1) is 11.3. The molecule has 3 nitrogen and oxygen atoms in total. The first-order valence-corrected chi connectivity index (χ1v) is 5.00. The number of hydrogen-bond donors (Lipinski definition) is 0. The number of carbonyl (C=O) groups excluding carboxylic acids is 1. The summed E-state index contributed by atoms with van der Waals surface area (Å²) in [6, 6.07) is 9.28. The lowest BCUT2D eigenvalue weighted by atomic mass is 10.1. The maximum absolute atomic E-state index is 12.8. The summed E-state index contributed by atoms with van der Waals surface area (Å²) in [7, 11) is 1.45. The lowest BCUT2D eigenvalue weighted by molar-refractivity contribution is 0.112. The lowest BCUT2D eigenvalue weighted by Gasteiger charge is -2.05. The van der Waals surface area contributed by atoms with E-state index in [4.69, 9.17) is 4.74 Å². The van der Waals surface area contributed by atoms with Crippen molar-refractivity contribution in [2.24, 2.45) is 0 Å². The molecule has 0 spiro atoms. The van der Waals surface area contributed by atoms with Crippen LogP contribution in [0.4, 0.5) is 4.39 Å². The minimum atomic E-state index is -0.301. The highest BCUT2D eigenvalue weighted by atomic mass is 19.1. The van der Waals surface area contributed by atoms with Crippen LogP contribution in [0.3, 0.4) is 0 Å². The third-order valence-electron chi connectivity index (χ3n) is 2.35. The van der Waals surface area contributed by atoms with Crippen molar-refractivity contribution in [3.8, 4) is 17.1 Å². The average Bonchev–Trinajstić information content (AvgIpc) is 2.39. The van der Waals surface area contributed by atoms with Crippen LogP contribution >= 0.6 is 0 Å². The van der Waals surface area contributed by atoms with Crippen LogP contribution in [-0.2, 0) is 0 Å². The summed E-state index contributed by atoms with van der Waals surface area (Å²) in [5.74, 6) is -0.0351. The average molecular weight is 231 g/mol.